The van der Waals surface area contributed by atoms with E-state index in [1.807, 2.05) is 12.1 Å². The lowest BCUT2D eigenvalue weighted by atomic mass is 10.1. The standard InChI is InChI=1S/C14H14O2S/c1-11(15)17-9-3-2-4-12-5-6-14-13(10-12)7-8-16-14/h5-6,10H,3,7-9H2,1H3. The lowest BCUT2D eigenvalue weighted by molar-refractivity contribution is -0.109. The molecular weight excluding hydrogens is 232 g/mol. The Balaban J connectivity index is 1.91. The van der Waals surface area contributed by atoms with Crippen LogP contribution in [0.2, 0.25) is 0 Å². The van der Waals surface area contributed by atoms with Crippen molar-refractivity contribution in [1.82, 2.24) is 0 Å². The first kappa shape index (κ1) is 12.1. The van der Waals surface area contributed by atoms with Crippen LogP contribution in [-0.4, -0.2) is 17.5 Å². The van der Waals surface area contributed by atoms with E-state index in [1.54, 1.807) is 6.92 Å². The Hall–Kier alpha value is -1.40. The summed E-state index contributed by atoms with van der Waals surface area (Å²) in [5.74, 6) is 7.97. The Morgan fingerprint density at radius 3 is 3.24 bits per heavy atom. The fraction of sp³-hybridized carbons (Fsp3) is 0.357. The molecule has 0 aromatic heterocycles. The van der Waals surface area contributed by atoms with Gasteiger partial charge in [0.2, 0.25) is 0 Å². The van der Waals surface area contributed by atoms with Gasteiger partial charge in [0.15, 0.2) is 5.12 Å². The monoisotopic (exact) mass is 246 g/mol. The van der Waals surface area contributed by atoms with Gasteiger partial charge < -0.3 is 4.74 Å². The second kappa shape index (κ2) is 5.79. The van der Waals surface area contributed by atoms with Crippen LogP contribution < -0.4 is 4.74 Å². The van der Waals surface area contributed by atoms with Gasteiger partial charge in [0, 0.05) is 31.1 Å². The second-order valence-electron chi connectivity index (χ2n) is 3.81. The summed E-state index contributed by atoms with van der Waals surface area (Å²) >= 11 is 1.33. The first-order chi connectivity index (χ1) is 8.25. The molecule has 1 heterocycles. The molecule has 0 N–H and O–H groups in total. The minimum Gasteiger partial charge on any atom is -0.493 e. The normalized spacial score (nSPS) is 12.3. The average Bonchev–Trinajstić information content (AvgIpc) is 2.75. The number of carbonyl (C=O) groups excluding carboxylic acids is 1. The maximum atomic E-state index is 10.7. The Bertz CT molecular complexity index is 483. The molecule has 17 heavy (non-hydrogen) atoms. The van der Waals surface area contributed by atoms with Crippen molar-refractivity contribution in [3.63, 3.8) is 0 Å². The zero-order chi connectivity index (χ0) is 12.1. The maximum Gasteiger partial charge on any atom is 0.185 e. The van der Waals surface area contributed by atoms with Gasteiger partial charge >= 0.3 is 0 Å². The zero-order valence-corrected chi connectivity index (χ0v) is 10.6. The van der Waals surface area contributed by atoms with Crippen LogP contribution in [-0.2, 0) is 11.2 Å². The van der Waals surface area contributed by atoms with E-state index in [2.05, 4.69) is 17.9 Å². The largest absolute Gasteiger partial charge is 0.493 e. The van der Waals surface area contributed by atoms with E-state index in [0.29, 0.717) is 0 Å². The van der Waals surface area contributed by atoms with E-state index in [0.717, 1.165) is 36.5 Å². The highest BCUT2D eigenvalue weighted by Crippen LogP contribution is 2.25. The number of rotatable bonds is 2. The summed E-state index contributed by atoms with van der Waals surface area (Å²) in [4.78, 5) is 10.7. The Morgan fingerprint density at radius 1 is 1.53 bits per heavy atom. The summed E-state index contributed by atoms with van der Waals surface area (Å²) in [6.45, 7) is 2.36. The van der Waals surface area contributed by atoms with Crippen molar-refractivity contribution in [2.24, 2.45) is 0 Å². The molecule has 1 aromatic rings. The van der Waals surface area contributed by atoms with Crippen LogP contribution in [0.5, 0.6) is 5.75 Å². The minimum absolute atomic E-state index is 0.154. The summed E-state index contributed by atoms with van der Waals surface area (Å²) in [6.07, 6.45) is 1.73. The molecule has 0 atom stereocenters. The van der Waals surface area contributed by atoms with Crippen molar-refractivity contribution in [1.29, 1.82) is 0 Å². The third kappa shape index (κ3) is 3.54. The predicted molar refractivity (Wildman–Crippen MR) is 70.3 cm³/mol. The van der Waals surface area contributed by atoms with E-state index >= 15 is 0 Å². The molecule has 88 valence electrons. The van der Waals surface area contributed by atoms with Gasteiger partial charge in [-0.2, -0.15) is 0 Å². The van der Waals surface area contributed by atoms with Crippen LogP contribution in [0.15, 0.2) is 18.2 Å². The number of ether oxygens (including phenoxy) is 1. The molecule has 0 saturated carbocycles. The van der Waals surface area contributed by atoms with Gasteiger partial charge in [-0.15, -0.1) is 0 Å². The van der Waals surface area contributed by atoms with E-state index < -0.39 is 0 Å². The Labute approximate surface area is 106 Å². The molecule has 0 unspecified atom stereocenters. The molecule has 2 nitrogen and oxygen atoms in total. The number of thioether (sulfide) groups is 1. The summed E-state index contributed by atoms with van der Waals surface area (Å²) in [5, 5.41) is 0.154. The van der Waals surface area contributed by atoms with Gasteiger partial charge in [0.25, 0.3) is 0 Å². The fourth-order valence-corrected chi connectivity index (χ4v) is 2.17. The van der Waals surface area contributed by atoms with Crippen LogP contribution in [0.25, 0.3) is 0 Å². The average molecular weight is 246 g/mol. The molecule has 0 fully saturated rings. The number of hydrogen-bond donors (Lipinski definition) is 0. The molecular formula is C14H14O2S. The van der Waals surface area contributed by atoms with Crippen molar-refractivity contribution in [3.8, 4) is 17.6 Å². The maximum absolute atomic E-state index is 10.7. The highest BCUT2D eigenvalue weighted by Gasteiger charge is 2.10. The van der Waals surface area contributed by atoms with Gasteiger partial charge in [-0.05, 0) is 23.8 Å². The van der Waals surface area contributed by atoms with Gasteiger partial charge in [-0.1, -0.05) is 23.6 Å². The predicted octanol–water partition coefficient (Wildman–Crippen LogP) is 2.64. The lowest BCUT2D eigenvalue weighted by Crippen LogP contribution is -1.85. The molecule has 1 aliphatic rings. The van der Waals surface area contributed by atoms with Gasteiger partial charge in [0.1, 0.15) is 5.75 Å². The molecule has 0 radical (unpaired) electrons. The molecule has 0 bridgehead atoms. The Morgan fingerprint density at radius 2 is 2.41 bits per heavy atom. The van der Waals surface area contributed by atoms with Crippen molar-refractivity contribution in [2.75, 3.05) is 12.4 Å². The van der Waals surface area contributed by atoms with E-state index in [9.17, 15) is 4.79 Å². The molecule has 2 rings (SSSR count). The third-order valence-electron chi connectivity index (χ3n) is 2.45. The first-order valence-corrected chi connectivity index (χ1v) is 6.62. The van der Waals surface area contributed by atoms with Crippen LogP contribution in [0.4, 0.5) is 0 Å². The molecule has 0 aliphatic carbocycles. The zero-order valence-electron chi connectivity index (χ0n) is 9.79. The van der Waals surface area contributed by atoms with E-state index in [-0.39, 0.29) is 5.12 Å². The fourth-order valence-electron chi connectivity index (χ4n) is 1.67. The SMILES string of the molecule is CC(=O)SCCC#Cc1ccc2c(c1)CCO2. The molecule has 1 aliphatic heterocycles. The number of hydrogen-bond acceptors (Lipinski definition) is 3. The van der Waals surface area contributed by atoms with Crippen molar-refractivity contribution in [2.45, 2.75) is 19.8 Å². The number of carbonyl (C=O) groups is 1. The molecule has 3 heteroatoms. The Kier molecular flexibility index (Phi) is 4.11. The summed E-state index contributed by atoms with van der Waals surface area (Å²) in [6, 6.07) is 6.05. The van der Waals surface area contributed by atoms with Crippen molar-refractivity contribution < 1.29 is 9.53 Å². The van der Waals surface area contributed by atoms with Crippen LogP contribution in [0.3, 0.4) is 0 Å². The van der Waals surface area contributed by atoms with Crippen molar-refractivity contribution in [3.05, 3.63) is 29.3 Å². The minimum atomic E-state index is 0.154. The first-order valence-electron chi connectivity index (χ1n) is 5.63. The molecule has 1 aromatic carbocycles. The van der Waals surface area contributed by atoms with Gasteiger partial charge in [-0.25, -0.2) is 0 Å². The number of benzene rings is 1. The second-order valence-corrected chi connectivity index (χ2v) is 5.08. The highest BCUT2D eigenvalue weighted by atomic mass is 32.2. The number of fused-ring (bicyclic) bond motifs is 1. The lowest BCUT2D eigenvalue weighted by Gasteiger charge is -1.97. The third-order valence-corrected chi connectivity index (χ3v) is 3.27. The summed E-state index contributed by atoms with van der Waals surface area (Å²) < 4.78 is 5.43. The van der Waals surface area contributed by atoms with E-state index in [4.69, 9.17) is 4.74 Å². The van der Waals surface area contributed by atoms with Crippen LogP contribution in [0.1, 0.15) is 24.5 Å². The topological polar surface area (TPSA) is 26.3 Å². The van der Waals surface area contributed by atoms with Crippen LogP contribution in [0, 0.1) is 11.8 Å². The quantitative estimate of drug-likeness (QED) is 0.593. The summed E-state index contributed by atoms with van der Waals surface area (Å²) in [7, 11) is 0. The van der Waals surface area contributed by atoms with Gasteiger partial charge in [-0.3, -0.25) is 4.79 Å². The van der Waals surface area contributed by atoms with Gasteiger partial charge in [0.05, 0.1) is 6.61 Å². The smallest absolute Gasteiger partial charge is 0.185 e. The molecule has 0 spiro atoms. The van der Waals surface area contributed by atoms with Crippen LogP contribution >= 0.6 is 11.8 Å². The molecule has 0 amide bonds. The van der Waals surface area contributed by atoms with Crippen molar-refractivity contribution >= 4 is 16.9 Å². The molecule has 0 saturated heterocycles. The summed E-state index contributed by atoms with van der Waals surface area (Å²) in [5.41, 5.74) is 2.27. The van der Waals surface area contributed by atoms with E-state index in [1.165, 1.54) is 17.3 Å². The highest BCUT2D eigenvalue weighted by molar-refractivity contribution is 8.13.